The van der Waals surface area contributed by atoms with Crippen LogP contribution >= 0.6 is 0 Å². The van der Waals surface area contributed by atoms with Crippen molar-refractivity contribution in [3.8, 4) is 0 Å². The molecule has 0 N–H and O–H groups in total. The summed E-state index contributed by atoms with van der Waals surface area (Å²) in [5, 5.41) is 19.1. The molecular weight excluding hydrogens is 584 g/mol. The molecule has 268 valence electrons. The maximum Gasteiger partial charge on any atom is 4.00 e. The van der Waals surface area contributed by atoms with E-state index < -0.39 is 12.2 Å². The molecule has 0 aliphatic rings. The molecule has 0 saturated heterocycles. The Morgan fingerprint density at radius 3 is 0.756 bits per heavy atom. The van der Waals surface area contributed by atoms with Crippen LogP contribution in [-0.2, 0) is 21.7 Å². The molecule has 0 aromatic rings. The van der Waals surface area contributed by atoms with Crippen LogP contribution in [0.4, 0.5) is 0 Å². The normalized spacial score (nSPS) is 10.8. The van der Waals surface area contributed by atoms with Gasteiger partial charge < -0.3 is 24.1 Å². The van der Waals surface area contributed by atoms with Crippen molar-refractivity contribution in [2.24, 2.45) is 0 Å². The first kappa shape index (κ1) is 54.6. The second kappa shape index (κ2) is 56.4. The Bertz CT molecular complexity index is 402. The Hall–Kier alpha value is 0.114. The van der Waals surface area contributed by atoms with Crippen molar-refractivity contribution in [3.63, 3.8) is 0 Å². The number of allylic oxidation sites excluding steroid dienone is 4. The summed E-state index contributed by atoms with van der Waals surface area (Å²) < 4.78 is 0. The van der Waals surface area contributed by atoms with Crippen LogP contribution in [0.3, 0.4) is 0 Å². The summed E-state index contributed by atoms with van der Waals surface area (Å²) in [6.07, 6.45) is 46.9. The van der Waals surface area contributed by atoms with E-state index in [1.54, 1.807) is 27.7 Å². The molecule has 3 heteroatoms. The van der Waals surface area contributed by atoms with Crippen LogP contribution in [0.2, 0.25) is 0 Å². The van der Waals surface area contributed by atoms with Crippen LogP contribution in [0.1, 0.15) is 221 Å². The summed E-state index contributed by atoms with van der Waals surface area (Å²) in [6.45, 7) is 18.8. The Morgan fingerprint density at radius 1 is 0.378 bits per heavy atom. The van der Waals surface area contributed by atoms with Crippen LogP contribution in [0, 0.1) is 13.8 Å². The average molecular weight is 669 g/mol. The SMILES string of the molecule is CC(C)[O-].CC(C)[O-].[CH2-]CCCCCCC/C=C\CCCCCCCC.[CH2-]CCCCCCC/C=C\CCCCCCCC.[Ti+4]. The second-order valence-corrected chi connectivity index (χ2v) is 13.0. The van der Waals surface area contributed by atoms with E-state index in [4.69, 9.17) is 0 Å². The molecule has 0 fully saturated rings. The minimum Gasteiger partial charge on any atom is -0.852 e. The first-order chi connectivity index (χ1) is 21.3. The summed E-state index contributed by atoms with van der Waals surface area (Å²) in [6, 6.07) is 0. The van der Waals surface area contributed by atoms with Crippen LogP contribution in [0.25, 0.3) is 0 Å². The van der Waals surface area contributed by atoms with E-state index in [1.807, 2.05) is 0 Å². The fraction of sp³-hybridized carbons (Fsp3) is 0.857. The van der Waals surface area contributed by atoms with E-state index in [2.05, 4.69) is 52.0 Å². The molecule has 0 spiro atoms. The van der Waals surface area contributed by atoms with Crippen molar-refractivity contribution >= 4 is 0 Å². The number of rotatable bonds is 28. The van der Waals surface area contributed by atoms with Crippen molar-refractivity contribution < 1.29 is 31.9 Å². The Labute approximate surface area is 302 Å². The molecule has 0 unspecified atom stereocenters. The van der Waals surface area contributed by atoms with Gasteiger partial charge in [0.05, 0.1) is 0 Å². The predicted octanol–water partition coefficient (Wildman–Crippen LogP) is 13.2. The molecule has 2 nitrogen and oxygen atoms in total. The quantitative estimate of drug-likeness (QED) is 0.0360. The molecule has 0 bridgehead atoms. The second-order valence-electron chi connectivity index (χ2n) is 13.0. The van der Waals surface area contributed by atoms with Crippen molar-refractivity contribution in [2.45, 2.75) is 234 Å². The van der Waals surface area contributed by atoms with Gasteiger partial charge in [0.2, 0.25) is 0 Å². The van der Waals surface area contributed by atoms with E-state index >= 15 is 0 Å². The van der Waals surface area contributed by atoms with Crippen molar-refractivity contribution in [1.82, 2.24) is 0 Å². The van der Waals surface area contributed by atoms with Gasteiger partial charge in [-0.25, -0.2) is 0 Å². The van der Waals surface area contributed by atoms with Gasteiger partial charge in [0, 0.05) is 0 Å². The first-order valence-corrected chi connectivity index (χ1v) is 19.5. The smallest absolute Gasteiger partial charge is 0.852 e. The molecule has 0 rings (SSSR count). The van der Waals surface area contributed by atoms with Gasteiger partial charge >= 0.3 is 21.7 Å². The van der Waals surface area contributed by atoms with E-state index in [-0.39, 0.29) is 21.7 Å². The van der Waals surface area contributed by atoms with E-state index in [0.29, 0.717) is 0 Å². The van der Waals surface area contributed by atoms with Gasteiger partial charge in [-0.1, -0.05) is 181 Å². The van der Waals surface area contributed by atoms with E-state index in [9.17, 15) is 10.2 Å². The standard InChI is InChI=1S/2C18H35.2C3H7O.Ti/c2*1-3-5-7-9-11-13-15-17-18-16-14-12-10-8-6-4-2;2*1-3(2)4;/h2*17-18H,1,3-16H2,2H3;2*3H,1-2H3;/q4*-1;+4/b2*18-17-;;;. The summed E-state index contributed by atoms with van der Waals surface area (Å²) in [4.78, 5) is 0. The van der Waals surface area contributed by atoms with E-state index in [0.717, 1.165) is 12.8 Å². The molecule has 0 aliphatic carbocycles. The maximum atomic E-state index is 9.53. The Kier molecular flexibility index (Phi) is 68.4. The van der Waals surface area contributed by atoms with Gasteiger partial charge in [0.1, 0.15) is 0 Å². The van der Waals surface area contributed by atoms with Crippen LogP contribution in [0.5, 0.6) is 0 Å². The number of hydrogen-bond acceptors (Lipinski definition) is 2. The van der Waals surface area contributed by atoms with E-state index in [1.165, 1.54) is 167 Å². The molecular formula is C42H84O2Ti. The zero-order chi connectivity index (χ0) is 33.8. The number of unbranched alkanes of at least 4 members (excludes halogenated alkanes) is 24. The number of hydrogen-bond donors (Lipinski definition) is 0. The largest absolute Gasteiger partial charge is 4.00 e. The van der Waals surface area contributed by atoms with Crippen molar-refractivity contribution in [1.29, 1.82) is 0 Å². The van der Waals surface area contributed by atoms with Gasteiger partial charge in [-0.2, -0.15) is 12.8 Å². The molecule has 0 amide bonds. The minimum atomic E-state index is -0.417. The minimum absolute atomic E-state index is 0. The molecule has 0 heterocycles. The third-order valence-electron chi connectivity index (χ3n) is 7.02. The molecule has 0 aliphatic heterocycles. The van der Waals surface area contributed by atoms with Gasteiger partial charge in [-0.15, -0.1) is 12.2 Å². The van der Waals surface area contributed by atoms with Crippen LogP contribution < -0.4 is 10.2 Å². The monoisotopic (exact) mass is 669 g/mol. The third kappa shape index (κ3) is 86.3. The topological polar surface area (TPSA) is 46.1 Å². The van der Waals surface area contributed by atoms with Crippen LogP contribution in [0.15, 0.2) is 24.3 Å². The van der Waals surface area contributed by atoms with Gasteiger partial charge in [-0.3, -0.25) is 0 Å². The third-order valence-corrected chi connectivity index (χ3v) is 7.02. The zero-order valence-electron chi connectivity index (χ0n) is 32.0. The molecule has 0 saturated carbocycles. The van der Waals surface area contributed by atoms with Crippen molar-refractivity contribution in [2.75, 3.05) is 0 Å². The molecule has 0 aromatic heterocycles. The first-order valence-electron chi connectivity index (χ1n) is 19.5. The average Bonchev–Trinajstić information content (AvgIpc) is 2.97. The van der Waals surface area contributed by atoms with Gasteiger partial charge in [-0.05, 0) is 51.4 Å². The maximum absolute atomic E-state index is 9.53. The summed E-state index contributed by atoms with van der Waals surface area (Å²) in [5.41, 5.74) is 0. The van der Waals surface area contributed by atoms with Crippen LogP contribution in [-0.4, -0.2) is 12.2 Å². The summed E-state index contributed by atoms with van der Waals surface area (Å²) in [5.74, 6) is 0. The fourth-order valence-corrected chi connectivity index (χ4v) is 4.50. The van der Waals surface area contributed by atoms with Gasteiger partial charge in [0.25, 0.3) is 0 Å². The Morgan fingerprint density at radius 2 is 0.556 bits per heavy atom. The molecule has 45 heavy (non-hydrogen) atoms. The van der Waals surface area contributed by atoms with Crippen molar-refractivity contribution in [3.05, 3.63) is 38.2 Å². The Balaban J connectivity index is -0.000000187. The summed E-state index contributed by atoms with van der Waals surface area (Å²) in [7, 11) is 0. The van der Waals surface area contributed by atoms with Gasteiger partial charge in [0.15, 0.2) is 0 Å². The molecule has 0 aromatic carbocycles. The zero-order valence-corrected chi connectivity index (χ0v) is 33.6. The summed E-state index contributed by atoms with van der Waals surface area (Å²) >= 11 is 0. The fourth-order valence-electron chi connectivity index (χ4n) is 4.50. The molecule has 0 atom stereocenters. The molecule has 0 radical (unpaired) electrons. The predicted molar refractivity (Wildman–Crippen MR) is 200 cm³/mol.